The van der Waals surface area contributed by atoms with Crippen molar-refractivity contribution >= 4 is 22.4 Å². The first kappa shape index (κ1) is 15.8. The number of ether oxygens (including phenoxy) is 1. The molecule has 0 amide bonds. The van der Waals surface area contributed by atoms with Crippen molar-refractivity contribution in [3.05, 3.63) is 17.7 Å². The molecule has 0 radical (unpaired) electrons. The van der Waals surface area contributed by atoms with Gasteiger partial charge in [0.2, 0.25) is 0 Å². The van der Waals surface area contributed by atoms with Crippen molar-refractivity contribution in [1.29, 1.82) is 0 Å². The molecule has 0 heterocycles. The van der Waals surface area contributed by atoms with Crippen LogP contribution in [0.4, 0.5) is 11.4 Å². The van der Waals surface area contributed by atoms with E-state index in [0.29, 0.717) is 17.1 Å². The number of nitrogens with two attached hydrogens (primary N) is 1. The number of benzene rings is 1. The van der Waals surface area contributed by atoms with Gasteiger partial charge < -0.3 is 15.2 Å². The molecule has 1 atom stereocenters. The van der Waals surface area contributed by atoms with Crippen LogP contribution in [0, 0.1) is 0 Å². The largest absolute Gasteiger partial charge is 0.492 e. The smallest absolute Gasteiger partial charge is 0.165 e. The highest BCUT2D eigenvalue weighted by Crippen LogP contribution is 2.50. The van der Waals surface area contributed by atoms with Gasteiger partial charge in [0.05, 0.1) is 18.5 Å². The number of methoxy groups -OCH3 is 1. The molecule has 5 heteroatoms. The Hall–Kier alpha value is -1.23. The predicted molar refractivity (Wildman–Crippen MR) is 83.0 cm³/mol. The van der Waals surface area contributed by atoms with Gasteiger partial charge in [-0.25, -0.2) is 4.21 Å². The van der Waals surface area contributed by atoms with E-state index in [4.69, 9.17) is 10.5 Å². The lowest BCUT2D eigenvalue weighted by molar-refractivity contribution is 0.419. The van der Waals surface area contributed by atoms with Gasteiger partial charge in [-0.2, -0.15) is 0 Å². The maximum atomic E-state index is 11.3. The van der Waals surface area contributed by atoms with Crippen LogP contribution in [0.3, 0.4) is 0 Å². The molecule has 1 saturated carbocycles. The second kappa shape index (κ2) is 6.28. The minimum Gasteiger partial charge on any atom is -0.492 e. The van der Waals surface area contributed by atoms with E-state index in [1.807, 2.05) is 26.0 Å². The minimum absolute atomic E-state index is 0.228. The van der Waals surface area contributed by atoms with Crippen molar-refractivity contribution in [2.45, 2.75) is 39.0 Å². The molecule has 0 aliphatic heterocycles. The third-order valence-corrected chi connectivity index (χ3v) is 3.78. The Labute approximate surface area is 118 Å². The first-order valence-electron chi connectivity index (χ1n) is 6.54. The Kier molecular flexibility index (Phi) is 5.23. The fourth-order valence-corrected chi connectivity index (χ4v) is 2.40. The van der Waals surface area contributed by atoms with Gasteiger partial charge in [-0.05, 0) is 36.0 Å². The highest BCUT2D eigenvalue weighted by molar-refractivity contribution is 7.85. The van der Waals surface area contributed by atoms with Crippen LogP contribution in [0.25, 0.3) is 0 Å². The molecule has 1 aliphatic carbocycles. The monoisotopic (exact) mass is 284 g/mol. The van der Waals surface area contributed by atoms with E-state index < -0.39 is 11.0 Å². The number of nitrogens with one attached hydrogen (secondary N) is 1. The normalized spacial score (nSPS) is 16.9. The van der Waals surface area contributed by atoms with Gasteiger partial charge in [0.25, 0.3) is 0 Å². The van der Waals surface area contributed by atoms with Crippen LogP contribution in [-0.4, -0.2) is 17.6 Å². The van der Waals surface area contributed by atoms with Crippen molar-refractivity contribution in [2.75, 3.05) is 23.8 Å². The maximum Gasteiger partial charge on any atom is 0.165 e. The van der Waals surface area contributed by atoms with Crippen molar-refractivity contribution in [2.24, 2.45) is 0 Å². The summed E-state index contributed by atoms with van der Waals surface area (Å²) in [5, 5.41) is 0. The van der Waals surface area contributed by atoms with Gasteiger partial charge in [-0.1, -0.05) is 20.8 Å². The summed E-state index contributed by atoms with van der Waals surface area (Å²) < 4.78 is 19.4. The highest BCUT2D eigenvalue weighted by Gasteiger charge is 2.39. The topological polar surface area (TPSA) is 64.3 Å². The zero-order chi connectivity index (χ0) is 14.6. The van der Waals surface area contributed by atoms with Crippen molar-refractivity contribution in [1.82, 2.24) is 0 Å². The van der Waals surface area contributed by atoms with Crippen LogP contribution in [0.15, 0.2) is 12.1 Å². The molecule has 1 aliphatic rings. The summed E-state index contributed by atoms with van der Waals surface area (Å²) in [7, 11) is 0.427. The summed E-state index contributed by atoms with van der Waals surface area (Å²) in [4.78, 5) is 0. The van der Waals surface area contributed by atoms with E-state index >= 15 is 0 Å². The van der Waals surface area contributed by atoms with E-state index in [-0.39, 0.29) is 5.41 Å². The summed E-state index contributed by atoms with van der Waals surface area (Å²) in [5.41, 5.74) is 8.68. The summed E-state index contributed by atoms with van der Waals surface area (Å²) in [5.74, 6) is 0.563. The third-order valence-electron chi connectivity index (χ3n) is 3.27. The van der Waals surface area contributed by atoms with Crippen LogP contribution < -0.4 is 15.2 Å². The summed E-state index contributed by atoms with van der Waals surface area (Å²) in [6.45, 7) is 6.21. The Morgan fingerprint density at radius 1 is 1.37 bits per heavy atom. The molecule has 3 N–H and O–H groups in total. The van der Waals surface area contributed by atoms with Crippen molar-refractivity contribution in [3.8, 4) is 5.75 Å². The molecule has 4 nitrogen and oxygen atoms in total. The maximum absolute atomic E-state index is 11.3. The van der Waals surface area contributed by atoms with E-state index in [1.54, 1.807) is 13.4 Å². The number of hydrogen-bond acceptors (Lipinski definition) is 3. The first-order chi connectivity index (χ1) is 8.96. The van der Waals surface area contributed by atoms with Crippen LogP contribution in [0.1, 0.15) is 39.2 Å². The summed E-state index contributed by atoms with van der Waals surface area (Å²) in [6.07, 6.45) is 3.93. The van der Waals surface area contributed by atoms with Gasteiger partial charge >= 0.3 is 0 Å². The molecule has 2 rings (SSSR count). The lowest BCUT2D eigenvalue weighted by Crippen LogP contribution is -2.08. The first-order valence-corrected chi connectivity index (χ1v) is 8.10. The van der Waals surface area contributed by atoms with E-state index in [2.05, 4.69) is 11.6 Å². The molecule has 1 unspecified atom stereocenters. The van der Waals surface area contributed by atoms with E-state index in [1.165, 1.54) is 18.4 Å². The molecule has 1 aromatic carbocycles. The van der Waals surface area contributed by atoms with Crippen LogP contribution in [-0.2, 0) is 16.4 Å². The Morgan fingerprint density at radius 2 is 1.95 bits per heavy atom. The number of hydrogen-bond donors (Lipinski definition) is 2. The van der Waals surface area contributed by atoms with E-state index in [0.717, 1.165) is 0 Å². The SMILES string of the molecule is CC.COc1c(N)cc(C2(C)CC2)cc1NS(C)=O. The van der Waals surface area contributed by atoms with Crippen LogP contribution >= 0.6 is 0 Å². The summed E-state index contributed by atoms with van der Waals surface area (Å²) >= 11 is 0. The highest BCUT2D eigenvalue weighted by atomic mass is 32.2. The molecule has 0 aromatic heterocycles. The average Bonchev–Trinajstić information content (AvgIpc) is 3.10. The zero-order valence-electron chi connectivity index (χ0n) is 12.4. The minimum atomic E-state index is -1.14. The average molecular weight is 284 g/mol. The predicted octanol–water partition coefficient (Wildman–Crippen LogP) is 3.06. The molecule has 108 valence electrons. The standard InChI is InChI=1S/C12H18N2O2S.C2H6/c1-12(4-5-12)8-6-9(13)11(16-2)10(7-8)14-17(3)15;1-2/h6-7,14H,4-5,13H2,1-3H3;1-2H3. The Balaban J connectivity index is 0.000000861. The van der Waals surface area contributed by atoms with E-state index in [9.17, 15) is 4.21 Å². The van der Waals surface area contributed by atoms with Crippen molar-refractivity contribution < 1.29 is 8.95 Å². The lowest BCUT2D eigenvalue weighted by atomic mass is 9.97. The van der Waals surface area contributed by atoms with Crippen LogP contribution in [0.5, 0.6) is 5.75 Å². The van der Waals surface area contributed by atoms with Gasteiger partial charge in [0.1, 0.15) is 11.0 Å². The molecule has 0 saturated heterocycles. The zero-order valence-corrected chi connectivity index (χ0v) is 13.2. The fraction of sp³-hybridized carbons (Fsp3) is 0.571. The second-order valence-electron chi connectivity index (χ2n) is 4.76. The Bertz CT molecular complexity index is 471. The Morgan fingerprint density at radius 3 is 2.37 bits per heavy atom. The number of anilines is 2. The molecular formula is C14H24N2O2S. The van der Waals surface area contributed by atoms with Crippen LogP contribution in [0.2, 0.25) is 0 Å². The summed E-state index contributed by atoms with van der Waals surface area (Å²) in [6, 6.07) is 3.94. The van der Waals surface area contributed by atoms with Gasteiger partial charge in [0, 0.05) is 6.26 Å². The fourth-order valence-electron chi connectivity index (χ4n) is 1.93. The molecule has 19 heavy (non-hydrogen) atoms. The molecule has 0 bridgehead atoms. The second-order valence-corrected chi connectivity index (χ2v) is 5.88. The molecule has 1 fully saturated rings. The number of rotatable bonds is 4. The molecular weight excluding hydrogens is 260 g/mol. The lowest BCUT2D eigenvalue weighted by Gasteiger charge is -2.16. The molecule has 1 aromatic rings. The van der Waals surface area contributed by atoms with Gasteiger partial charge in [-0.3, -0.25) is 0 Å². The van der Waals surface area contributed by atoms with Gasteiger partial charge in [0.15, 0.2) is 5.75 Å². The van der Waals surface area contributed by atoms with Gasteiger partial charge in [-0.15, -0.1) is 0 Å². The molecule has 0 spiro atoms. The third kappa shape index (κ3) is 3.62. The van der Waals surface area contributed by atoms with Crippen molar-refractivity contribution in [3.63, 3.8) is 0 Å². The number of nitrogen functional groups attached to an aromatic ring is 1. The quantitative estimate of drug-likeness (QED) is 0.835.